The summed E-state index contributed by atoms with van der Waals surface area (Å²) >= 11 is 0. The molecule has 5 nitrogen and oxygen atoms in total. The van der Waals surface area contributed by atoms with E-state index in [1.165, 1.54) is 5.56 Å². The van der Waals surface area contributed by atoms with Crippen LogP contribution < -0.4 is 0 Å². The number of benzene rings is 10. The summed E-state index contributed by atoms with van der Waals surface area (Å²) in [6, 6.07) is 70.0. The maximum atomic E-state index is 6.29. The van der Waals surface area contributed by atoms with Crippen LogP contribution in [0, 0.1) is 0 Å². The molecule has 0 aliphatic heterocycles. The normalized spacial score (nSPS) is 11.9. The van der Waals surface area contributed by atoms with Crippen molar-refractivity contribution in [2.24, 2.45) is 0 Å². The van der Waals surface area contributed by atoms with Crippen LogP contribution in [0.5, 0.6) is 0 Å². The predicted molar refractivity (Wildman–Crippen MR) is 254 cm³/mol. The quantitative estimate of drug-likeness (QED) is 0.174. The van der Waals surface area contributed by atoms with E-state index in [2.05, 4.69) is 164 Å². The van der Waals surface area contributed by atoms with Crippen molar-refractivity contribution in [2.75, 3.05) is 0 Å². The molecule has 0 amide bonds. The monoisotopic (exact) mass is 791 g/mol. The second-order valence-electron chi connectivity index (χ2n) is 15.9. The van der Waals surface area contributed by atoms with Gasteiger partial charge in [0, 0.05) is 38.2 Å². The summed E-state index contributed by atoms with van der Waals surface area (Å²) in [5.74, 6) is 1.81. The lowest BCUT2D eigenvalue weighted by Crippen LogP contribution is -2.00. The van der Waals surface area contributed by atoms with Crippen LogP contribution in [-0.2, 0) is 0 Å². The Balaban J connectivity index is 0.997. The Bertz CT molecular complexity index is 3940. The standard InChI is InChI=1S/C57H33N3O2/c1-2-10-34(11-3-1)37-23-20-35-21-24-39(32-42(35)30-37)55-58-56(60-57(59-55)41-25-22-36-27-29-52-54(48(36)33-41)47-14-5-7-18-50(47)62-52)40-26-28-43-38(31-40)12-8-15-44(43)45-16-9-19-51-53(45)46-13-4-6-17-49(46)61-51/h1-33H. The van der Waals surface area contributed by atoms with Gasteiger partial charge >= 0.3 is 0 Å². The summed E-state index contributed by atoms with van der Waals surface area (Å²) < 4.78 is 12.6. The van der Waals surface area contributed by atoms with Gasteiger partial charge in [-0.1, -0.05) is 152 Å². The van der Waals surface area contributed by atoms with Crippen molar-refractivity contribution in [1.82, 2.24) is 15.0 Å². The largest absolute Gasteiger partial charge is 0.456 e. The molecule has 13 aromatic rings. The average Bonchev–Trinajstić information content (AvgIpc) is 3.92. The molecule has 3 aromatic heterocycles. The van der Waals surface area contributed by atoms with Crippen molar-refractivity contribution in [3.63, 3.8) is 0 Å². The van der Waals surface area contributed by atoms with Crippen molar-refractivity contribution >= 4 is 76.2 Å². The zero-order valence-corrected chi connectivity index (χ0v) is 33.2. The van der Waals surface area contributed by atoms with Gasteiger partial charge in [-0.2, -0.15) is 0 Å². The van der Waals surface area contributed by atoms with E-state index in [9.17, 15) is 0 Å². The maximum absolute atomic E-state index is 6.29. The Hall–Kier alpha value is -8.41. The van der Waals surface area contributed by atoms with Crippen LogP contribution in [0.1, 0.15) is 0 Å². The third-order valence-corrected chi connectivity index (χ3v) is 12.3. The zero-order chi connectivity index (χ0) is 40.7. The fourth-order valence-corrected chi connectivity index (χ4v) is 9.30. The zero-order valence-electron chi connectivity index (χ0n) is 33.2. The van der Waals surface area contributed by atoms with Gasteiger partial charge in [0.2, 0.25) is 0 Å². The summed E-state index contributed by atoms with van der Waals surface area (Å²) in [5, 5.41) is 11.1. The molecule has 0 unspecified atom stereocenters. The molecule has 10 aromatic carbocycles. The molecule has 0 fully saturated rings. The van der Waals surface area contributed by atoms with E-state index in [-0.39, 0.29) is 0 Å². The Morgan fingerprint density at radius 1 is 0.258 bits per heavy atom. The molecule has 0 N–H and O–H groups in total. The molecular weight excluding hydrogens is 759 g/mol. The van der Waals surface area contributed by atoms with Crippen LogP contribution in [0.15, 0.2) is 209 Å². The number of furan rings is 2. The van der Waals surface area contributed by atoms with E-state index in [1.807, 2.05) is 36.4 Å². The summed E-state index contributed by atoms with van der Waals surface area (Å²) in [6.07, 6.45) is 0. The van der Waals surface area contributed by atoms with Crippen LogP contribution in [-0.4, -0.2) is 15.0 Å². The first-order chi connectivity index (χ1) is 30.7. The molecule has 3 heterocycles. The van der Waals surface area contributed by atoms with Gasteiger partial charge in [0.05, 0.1) is 0 Å². The lowest BCUT2D eigenvalue weighted by Gasteiger charge is -2.12. The van der Waals surface area contributed by atoms with Gasteiger partial charge in [-0.05, 0) is 103 Å². The number of hydrogen-bond acceptors (Lipinski definition) is 5. The van der Waals surface area contributed by atoms with Crippen LogP contribution in [0.4, 0.5) is 0 Å². The molecule has 0 radical (unpaired) electrons. The van der Waals surface area contributed by atoms with Gasteiger partial charge in [-0.25, -0.2) is 15.0 Å². The fourth-order valence-electron chi connectivity index (χ4n) is 9.30. The van der Waals surface area contributed by atoms with Crippen LogP contribution in [0.2, 0.25) is 0 Å². The van der Waals surface area contributed by atoms with E-state index < -0.39 is 0 Å². The topological polar surface area (TPSA) is 65.0 Å². The molecule has 0 saturated heterocycles. The third-order valence-electron chi connectivity index (χ3n) is 12.3. The smallest absolute Gasteiger partial charge is 0.164 e. The van der Waals surface area contributed by atoms with E-state index >= 15 is 0 Å². The Morgan fingerprint density at radius 2 is 0.790 bits per heavy atom. The number of aromatic nitrogens is 3. The highest BCUT2D eigenvalue weighted by atomic mass is 16.3. The second kappa shape index (κ2) is 13.6. The molecule has 0 aliphatic rings. The van der Waals surface area contributed by atoms with Gasteiger partial charge < -0.3 is 8.83 Å². The predicted octanol–water partition coefficient (Wildman–Crippen LogP) is 15.5. The molecule has 288 valence electrons. The average molecular weight is 792 g/mol. The first-order valence-electron chi connectivity index (χ1n) is 20.8. The van der Waals surface area contributed by atoms with E-state index in [0.29, 0.717) is 17.5 Å². The van der Waals surface area contributed by atoms with Crippen LogP contribution >= 0.6 is 0 Å². The van der Waals surface area contributed by atoms with Gasteiger partial charge in [-0.3, -0.25) is 0 Å². The molecule has 0 aliphatic carbocycles. The Kier molecular flexibility index (Phi) is 7.54. The molecule has 0 spiro atoms. The summed E-state index contributed by atoms with van der Waals surface area (Å²) in [5.41, 5.74) is 10.8. The highest BCUT2D eigenvalue weighted by Crippen LogP contribution is 2.41. The highest BCUT2D eigenvalue weighted by molar-refractivity contribution is 6.19. The molecule has 62 heavy (non-hydrogen) atoms. The second-order valence-corrected chi connectivity index (χ2v) is 15.9. The minimum atomic E-state index is 0.599. The van der Waals surface area contributed by atoms with E-state index in [0.717, 1.165) is 110 Å². The summed E-state index contributed by atoms with van der Waals surface area (Å²) in [6.45, 7) is 0. The summed E-state index contributed by atoms with van der Waals surface area (Å²) in [7, 11) is 0. The molecule has 0 atom stereocenters. The van der Waals surface area contributed by atoms with Gasteiger partial charge in [-0.15, -0.1) is 0 Å². The van der Waals surface area contributed by atoms with Gasteiger partial charge in [0.1, 0.15) is 22.3 Å². The van der Waals surface area contributed by atoms with Crippen molar-refractivity contribution in [1.29, 1.82) is 0 Å². The lowest BCUT2D eigenvalue weighted by molar-refractivity contribution is 0.668. The van der Waals surface area contributed by atoms with E-state index in [4.69, 9.17) is 23.8 Å². The molecule has 0 saturated carbocycles. The number of nitrogens with zero attached hydrogens (tertiary/aromatic N) is 3. The van der Waals surface area contributed by atoms with Crippen LogP contribution in [0.3, 0.4) is 0 Å². The lowest BCUT2D eigenvalue weighted by atomic mass is 9.94. The van der Waals surface area contributed by atoms with Gasteiger partial charge in [0.25, 0.3) is 0 Å². The van der Waals surface area contributed by atoms with Crippen molar-refractivity contribution in [3.05, 3.63) is 200 Å². The van der Waals surface area contributed by atoms with Crippen molar-refractivity contribution in [3.8, 4) is 56.4 Å². The first kappa shape index (κ1) is 34.5. The van der Waals surface area contributed by atoms with Crippen molar-refractivity contribution in [2.45, 2.75) is 0 Å². The number of para-hydroxylation sites is 2. The number of hydrogen-bond donors (Lipinski definition) is 0. The molecule has 5 heteroatoms. The minimum Gasteiger partial charge on any atom is -0.456 e. The fraction of sp³-hybridized carbons (Fsp3) is 0. The van der Waals surface area contributed by atoms with Crippen LogP contribution in [0.25, 0.3) is 133 Å². The highest BCUT2D eigenvalue weighted by Gasteiger charge is 2.18. The minimum absolute atomic E-state index is 0.599. The van der Waals surface area contributed by atoms with Crippen molar-refractivity contribution < 1.29 is 8.83 Å². The number of fused-ring (bicyclic) bond motifs is 10. The van der Waals surface area contributed by atoms with E-state index in [1.54, 1.807) is 0 Å². The molecule has 0 bridgehead atoms. The van der Waals surface area contributed by atoms with Gasteiger partial charge in [0.15, 0.2) is 17.5 Å². The molecule has 13 rings (SSSR count). The molecular formula is C57H33N3O2. The Morgan fingerprint density at radius 3 is 1.55 bits per heavy atom. The SMILES string of the molecule is c1ccc(-c2ccc3ccc(-c4nc(-c5ccc6c(-c7cccc8oc9ccccc9c78)cccc6c5)nc(-c5ccc6ccc7oc8ccccc8c7c6c5)n4)cc3c2)cc1. The Labute approximate surface area is 355 Å². The summed E-state index contributed by atoms with van der Waals surface area (Å²) in [4.78, 5) is 15.7. The number of rotatable bonds is 5. The first-order valence-corrected chi connectivity index (χ1v) is 20.8. The third kappa shape index (κ3) is 5.52. The maximum Gasteiger partial charge on any atom is 0.164 e.